The zero-order valence-electron chi connectivity index (χ0n) is 16.8. The van der Waals surface area contributed by atoms with E-state index >= 15 is 0 Å². The lowest BCUT2D eigenvalue weighted by atomic mass is 10.1. The molecule has 0 spiro atoms. The van der Waals surface area contributed by atoms with Crippen LogP contribution in [0.25, 0.3) is 0 Å². The standard InChI is InChI=1S/C22H29N3O3/c1-4-18-8-6-7-9-20(18)24-21(26)14-23-22(27)16-25(3)15-17-10-12-19(13-11-17)28-5-2/h6-13H,4-5,14-16H2,1-3H3,(H,23,27)(H,24,26). The summed E-state index contributed by atoms with van der Waals surface area (Å²) in [5.41, 5.74) is 2.95. The van der Waals surface area contributed by atoms with Crippen LogP contribution < -0.4 is 15.4 Å². The van der Waals surface area contributed by atoms with Crippen molar-refractivity contribution >= 4 is 17.5 Å². The number of aryl methyl sites for hydroxylation is 1. The molecular weight excluding hydrogens is 354 g/mol. The summed E-state index contributed by atoms with van der Waals surface area (Å²) in [7, 11) is 1.87. The van der Waals surface area contributed by atoms with Gasteiger partial charge < -0.3 is 15.4 Å². The molecule has 0 aliphatic carbocycles. The molecule has 28 heavy (non-hydrogen) atoms. The van der Waals surface area contributed by atoms with E-state index in [1.165, 1.54) is 0 Å². The molecule has 0 saturated heterocycles. The molecular formula is C22H29N3O3. The van der Waals surface area contributed by atoms with Crippen LogP contribution in [0.4, 0.5) is 5.69 Å². The maximum Gasteiger partial charge on any atom is 0.243 e. The molecule has 0 aliphatic heterocycles. The summed E-state index contributed by atoms with van der Waals surface area (Å²) in [4.78, 5) is 26.1. The average Bonchev–Trinajstić information content (AvgIpc) is 2.68. The second-order valence-electron chi connectivity index (χ2n) is 6.58. The molecule has 2 N–H and O–H groups in total. The number of anilines is 1. The number of amides is 2. The Morgan fingerprint density at radius 2 is 1.71 bits per heavy atom. The third-order valence-electron chi connectivity index (χ3n) is 4.22. The Hall–Kier alpha value is -2.86. The molecule has 2 rings (SSSR count). The fourth-order valence-electron chi connectivity index (χ4n) is 2.85. The van der Waals surface area contributed by atoms with Gasteiger partial charge in [0.15, 0.2) is 0 Å². The molecule has 6 heteroatoms. The third kappa shape index (κ3) is 7.04. The van der Waals surface area contributed by atoms with Crippen molar-refractivity contribution in [1.29, 1.82) is 0 Å². The van der Waals surface area contributed by atoms with Crippen LogP contribution in [-0.2, 0) is 22.6 Å². The molecule has 0 unspecified atom stereocenters. The van der Waals surface area contributed by atoms with Crippen LogP contribution in [0, 0.1) is 0 Å². The van der Waals surface area contributed by atoms with Gasteiger partial charge in [-0.1, -0.05) is 37.3 Å². The number of hydrogen-bond acceptors (Lipinski definition) is 4. The first-order valence-corrected chi connectivity index (χ1v) is 9.56. The number of benzene rings is 2. The van der Waals surface area contributed by atoms with Gasteiger partial charge in [0, 0.05) is 12.2 Å². The Kier molecular flexibility index (Phi) is 8.49. The quantitative estimate of drug-likeness (QED) is 0.662. The number of rotatable bonds is 10. The summed E-state index contributed by atoms with van der Waals surface area (Å²) in [5.74, 6) is 0.415. The van der Waals surface area contributed by atoms with Gasteiger partial charge in [-0.05, 0) is 49.7 Å². The zero-order chi connectivity index (χ0) is 20.4. The van der Waals surface area contributed by atoms with Gasteiger partial charge in [-0.15, -0.1) is 0 Å². The first-order chi connectivity index (χ1) is 13.5. The highest BCUT2D eigenvalue weighted by atomic mass is 16.5. The molecule has 150 valence electrons. The second-order valence-corrected chi connectivity index (χ2v) is 6.58. The van der Waals surface area contributed by atoms with Gasteiger partial charge in [0.2, 0.25) is 11.8 Å². The van der Waals surface area contributed by atoms with Crippen molar-refractivity contribution in [1.82, 2.24) is 10.2 Å². The minimum Gasteiger partial charge on any atom is -0.494 e. The van der Waals surface area contributed by atoms with Gasteiger partial charge in [0.05, 0.1) is 19.7 Å². The Balaban J connectivity index is 1.74. The van der Waals surface area contributed by atoms with Crippen molar-refractivity contribution in [3.8, 4) is 5.75 Å². The molecule has 2 amide bonds. The zero-order valence-corrected chi connectivity index (χ0v) is 16.8. The van der Waals surface area contributed by atoms with Crippen molar-refractivity contribution in [2.45, 2.75) is 26.8 Å². The maximum absolute atomic E-state index is 12.1. The fraction of sp³-hybridized carbons (Fsp3) is 0.364. The predicted molar refractivity (Wildman–Crippen MR) is 111 cm³/mol. The van der Waals surface area contributed by atoms with Gasteiger partial charge in [0.25, 0.3) is 0 Å². The van der Waals surface area contributed by atoms with Crippen LogP contribution in [0.3, 0.4) is 0 Å². The number of nitrogens with zero attached hydrogens (tertiary/aromatic N) is 1. The van der Waals surface area contributed by atoms with E-state index in [0.717, 1.165) is 29.0 Å². The Morgan fingerprint density at radius 3 is 2.39 bits per heavy atom. The normalized spacial score (nSPS) is 10.6. The monoisotopic (exact) mass is 383 g/mol. The maximum atomic E-state index is 12.1. The fourth-order valence-corrected chi connectivity index (χ4v) is 2.85. The van der Waals surface area contributed by atoms with Crippen molar-refractivity contribution in [2.24, 2.45) is 0 Å². The van der Waals surface area contributed by atoms with Gasteiger partial charge >= 0.3 is 0 Å². The molecule has 0 heterocycles. The van der Waals surface area contributed by atoms with Crippen molar-refractivity contribution in [3.63, 3.8) is 0 Å². The highest BCUT2D eigenvalue weighted by Crippen LogP contribution is 2.15. The number of nitrogens with one attached hydrogen (secondary N) is 2. The lowest BCUT2D eigenvalue weighted by Gasteiger charge is -2.17. The Labute approximate surface area is 166 Å². The number of hydrogen-bond donors (Lipinski definition) is 2. The van der Waals surface area contributed by atoms with Crippen LogP contribution in [0.5, 0.6) is 5.75 Å². The van der Waals surface area contributed by atoms with Crippen LogP contribution >= 0.6 is 0 Å². The minimum absolute atomic E-state index is 0.0478. The van der Waals surface area contributed by atoms with E-state index in [9.17, 15) is 9.59 Å². The molecule has 2 aromatic carbocycles. The van der Waals surface area contributed by atoms with Crippen LogP contribution in [-0.4, -0.2) is 43.5 Å². The number of ether oxygens (including phenoxy) is 1. The Bertz CT molecular complexity index is 775. The van der Waals surface area contributed by atoms with E-state index in [0.29, 0.717) is 13.2 Å². The number of likely N-dealkylation sites (N-methyl/N-ethyl adjacent to an activating group) is 1. The predicted octanol–water partition coefficient (Wildman–Crippen LogP) is 2.83. The summed E-state index contributed by atoms with van der Waals surface area (Å²) in [6, 6.07) is 15.5. The first-order valence-electron chi connectivity index (χ1n) is 9.56. The molecule has 0 atom stereocenters. The largest absolute Gasteiger partial charge is 0.494 e. The third-order valence-corrected chi connectivity index (χ3v) is 4.22. The summed E-state index contributed by atoms with van der Waals surface area (Å²) in [6.07, 6.45) is 0.832. The van der Waals surface area contributed by atoms with E-state index < -0.39 is 0 Å². The number of para-hydroxylation sites is 1. The molecule has 2 aromatic rings. The summed E-state index contributed by atoms with van der Waals surface area (Å²) < 4.78 is 5.43. The number of carbonyl (C=O) groups is 2. The topological polar surface area (TPSA) is 70.7 Å². The number of carbonyl (C=O) groups excluding carboxylic acids is 2. The van der Waals surface area contributed by atoms with Gasteiger partial charge in [0.1, 0.15) is 5.75 Å². The summed E-state index contributed by atoms with van der Waals surface area (Å²) >= 11 is 0. The lowest BCUT2D eigenvalue weighted by Crippen LogP contribution is -2.39. The highest BCUT2D eigenvalue weighted by Gasteiger charge is 2.10. The van der Waals surface area contributed by atoms with E-state index in [-0.39, 0.29) is 24.9 Å². The van der Waals surface area contributed by atoms with E-state index in [1.807, 2.05) is 74.3 Å². The minimum atomic E-state index is -0.233. The first kappa shape index (κ1) is 21.4. The van der Waals surface area contributed by atoms with E-state index in [2.05, 4.69) is 10.6 Å². The van der Waals surface area contributed by atoms with Crippen LogP contribution in [0.2, 0.25) is 0 Å². The van der Waals surface area contributed by atoms with Crippen molar-refractivity contribution in [2.75, 3.05) is 32.1 Å². The summed E-state index contributed by atoms with van der Waals surface area (Å²) in [6.45, 7) is 5.42. The summed E-state index contributed by atoms with van der Waals surface area (Å²) in [5, 5.41) is 5.52. The Morgan fingerprint density at radius 1 is 1.00 bits per heavy atom. The second kappa shape index (κ2) is 11.1. The molecule has 0 saturated carbocycles. The SMILES string of the molecule is CCOc1ccc(CN(C)CC(=O)NCC(=O)Nc2ccccc2CC)cc1. The van der Waals surface area contributed by atoms with Gasteiger partial charge in [-0.3, -0.25) is 14.5 Å². The van der Waals surface area contributed by atoms with Gasteiger partial charge in [-0.25, -0.2) is 0 Å². The molecule has 0 aliphatic rings. The van der Waals surface area contributed by atoms with Crippen molar-refractivity contribution < 1.29 is 14.3 Å². The molecule has 0 radical (unpaired) electrons. The lowest BCUT2D eigenvalue weighted by molar-refractivity contribution is -0.124. The van der Waals surface area contributed by atoms with E-state index in [1.54, 1.807) is 0 Å². The molecule has 0 bridgehead atoms. The smallest absolute Gasteiger partial charge is 0.243 e. The average molecular weight is 383 g/mol. The highest BCUT2D eigenvalue weighted by molar-refractivity contribution is 5.95. The van der Waals surface area contributed by atoms with E-state index in [4.69, 9.17) is 4.74 Å². The molecule has 0 aromatic heterocycles. The van der Waals surface area contributed by atoms with Crippen LogP contribution in [0.15, 0.2) is 48.5 Å². The van der Waals surface area contributed by atoms with Gasteiger partial charge in [-0.2, -0.15) is 0 Å². The molecule has 0 fully saturated rings. The van der Waals surface area contributed by atoms with Crippen molar-refractivity contribution in [3.05, 3.63) is 59.7 Å². The van der Waals surface area contributed by atoms with Crippen LogP contribution in [0.1, 0.15) is 25.0 Å². The molecule has 6 nitrogen and oxygen atoms in total.